The van der Waals surface area contributed by atoms with Crippen LogP contribution in [0.3, 0.4) is 0 Å². The SMILES string of the molecule is COc1ccc(C(=O)OC2CCN(CC(O)(Cn3cncn3)c3ccc(F)cc3F)CC2)cc1. The number of carbonyl (C=O) groups excluding carboxylic acids is 1. The third-order valence-corrected chi connectivity index (χ3v) is 5.94. The van der Waals surface area contributed by atoms with Crippen LogP contribution in [-0.2, 0) is 16.9 Å². The number of aliphatic hydroxyl groups is 1. The number of likely N-dealkylation sites (tertiary alicyclic amines) is 1. The van der Waals surface area contributed by atoms with Crippen LogP contribution >= 0.6 is 0 Å². The molecular formula is C24H26F2N4O4. The Labute approximate surface area is 195 Å². The van der Waals surface area contributed by atoms with Crippen molar-refractivity contribution in [1.82, 2.24) is 19.7 Å². The van der Waals surface area contributed by atoms with E-state index in [0.29, 0.717) is 37.2 Å². The van der Waals surface area contributed by atoms with Crippen LogP contribution in [0.5, 0.6) is 5.75 Å². The minimum atomic E-state index is -1.67. The molecule has 1 fully saturated rings. The number of carbonyl (C=O) groups is 1. The van der Waals surface area contributed by atoms with Crippen molar-refractivity contribution < 1.29 is 28.2 Å². The van der Waals surface area contributed by atoms with Crippen molar-refractivity contribution in [2.24, 2.45) is 0 Å². The fourth-order valence-corrected chi connectivity index (χ4v) is 4.17. The van der Waals surface area contributed by atoms with Gasteiger partial charge in [0.25, 0.3) is 0 Å². The van der Waals surface area contributed by atoms with Crippen molar-refractivity contribution in [1.29, 1.82) is 0 Å². The molecule has 8 nitrogen and oxygen atoms in total. The van der Waals surface area contributed by atoms with Gasteiger partial charge in [-0.3, -0.25) is 4.90 Å². The largest absolute Gasteiger partial charge is 0.497 e. The first-order valence-electron chi connectivity index (χ1n) is 10.9. The second-order valence-corrected chi connectivity index (χ2v) is 8.36. The van der Waals surface area contributed by atoms with Gasteiger partial charge < -0.3 is 14.6 Å². The first-order valence-corrected chi connectivity index (χ1v) is 10.9. The summed E-state index contributed by atoms with van der Waals surface area (Å²) in [5.41, 5.74) is -1.24. The molecule has 1 unspecified atom stereocenters. The molecule has 3 aromatic rings. The second kappa shape index (κ2) is 10.3. The predicted molar refractivity (Wildman–Crippen MR) is 118 cm³/mol. The van der Waals surface area contributed by atoms with Crippen LogP contribution in [0.4, 0.5) is 8.78 Å². The van der Waals surface area contributed by atoms with E-state index < -0.39 is 23.2 Å². The van der Waals surface area contributed by atoms with Crippen molar-refractivity contribution in [3.05, 3.63) is 77.9 Å². The normalized spacial score (nSPS) is 16.7. The molecule has 1 aliphatic heterocycles. The number of hydrogen-bond acceptors (Lipinski definition) is 7. The molecule has 10 heteroatoms. The van der Waals surface area contributed by atoms with Gasteiger partial charge in [0.1, 0.15) is 41.7 Å². The Morgan fingerprint density at radius 3 is 2.50 bits per heavy atom. The third kappa shape index (κ3) is 5.57. The molecule has 1 aromatic heterocycles. The first-order chi connectivity index (χ1) is 16.4. The smallest absolute Gasteiger partial charge is 0.338 e. The maximum absolute atomic E-state index is 14.6. The number of esters is 1. The van der Waals surface area contributed by atoms with E-state index in [0.717, 1.165) is 12.1 Å². The topological polar surface area (TPSA) is 89.7 Å². The maximum Gasteiger partial charge on any atom is 0.338 e. The van der Waals surface area contributed by atoms with Gasteiger partial charge in [-0.1, -0.05) is 6.07 Å². The Morgan fingerprint density at radius 1 is 1.15 bits per heavy atom. The second-order valence-electron chi connectivity index (χ2n) is 8.36. The van der Waals surface area contributed by atoms with E-state index in [1.54, 1.807) is 31.4 Å². The van der Waals surface area contributed by atoms with Gasteiger partial charge in [0.2, 0.25) is 0 Å². The minimum Gasteiger partial charge on any atom is -0.497 e. The van der Waals surface area contributed by atoms with Gasteiger partial charge in [-0.05, 0) is 43.2 Å². The summed E-state index contributed by atoms with van der Waals surface area (Å²) >= 11 is 0. The number of rotatable bonds is 8. The number of halogens is 2. The zero-order valence-electron chi connectivity index (χ0n) is 18.7. The zero-order chi connectivity index (χ0) is 24.1. The average molecular weight is 472 g/mol. The lowest BCUT2D eigenvalue weighted by atomic mass is 9.91. The van der Waals surface area contributed by atoms with E-state index in [1.165, 1.54) is 23.4 Å². The Balaban J connectivity index is 1.40. The molecular weight excluding hydrogens is 446 g/mol. The fourth-order valence-electron chi connectivity index (χ4n) is 4.17. The summed E-state index contributed by atoms with van der Waals surface area (Å²) in [6.07, 6.45) is 3.61. The van der Waals surface area contributed by atoms with Gasteiger partial charge in [-0.2, -0.15) is 5.10 Å². The third-order valence-electron chi connectivity index (χ3n) is 5.94. The van der Waals surface area contributed by atoms with Crippen molar-refractivity contribution in [3.63, 3.8) is 0 Å². The highest BCUT2D eigenvalue weighted by Gasteiger charge is 2.37. The Kier molecular flexibility index (Phi) is 7.18. The summed E-state index contributed by atoms with van der Waals surface area (Å²) in [5.74, 6) is -1.30. The predicted octanol–water partition coefficient (Wildman–Crippen LogP) is 2.77. The number of piperidine rings is 1. The first kappa shape index (κ1) is 23.8. The molecule has 180 valence electrons. The van der Waals surface area contributed by atoms with Gasteiger partial charge in [0, 0.05) is 31.3 Å². The van der Waals surface area contributed by atoms with Gasteiger partial charge in [-0.25, -0.2) is 23.2 Å². The number of β-amino-alcohol motifs (C(OH)–C–C–N with tert-alkyl or cyclic N) is 1. The van der Waals surface area contributed by atoms with Crippen molar-refractivity contribution >= 4 is 5.97 Å². The number of hydrogen-bond donors (Lipinski definition) is 1. The number of nitrogens with zero attached hydrogens (tertiary/aromatic N) is 4. The number of methoxy groups -OCH3 is 1. The van der Waals surface area contributed by atoms with E-state index in [9.17, 15) is 18.7 Å². The average Bonchev–Trinajstić information content (AvgIpc) is 3.33. The molecule has 0 spiro atoms. The van der Waals surface area contributed by atoms with Crippen molar-refractivity contribution in [3.8, 4) is 5.75 Å². The van der Waals surface area contributed by atoms with Gasteiger partial charge in [0.15, 0.2) is 0 Å². The molecule has 0 amide bonds. The molecule has 2 aromatic carbocycles. The summed E-state index contributed by atoms with van der Waals surface area (Å²) in [6.45, 7) is 1.10. The molecule has 1 aliphatic rings. The summed E-state index contributed by atoms with van der Waals surface area (Å²) < 4.78 is 40.2. The van der Waals surface area contributed by atoms with Crippen LogP contribution in [0, 0.1) is 11.6 Å². The Hall–Kier alpha value is -3.37. The standard InChI is InChI=1S/C24H26F2N4O4/c1-33-19-5-2-17(3-6-19)23(31)34-20-8-10-29(11-9-20)13-24(32,14-30-16-27-15-28-30)21-7-4-18(25)12-22(21)26/h2-7,12,15-16,20,32H,8-11,13-14H2,1H3. The Bertz CT molecular complexity index is 1100. The van der Waals surface area contributed by atoms with Crippen LogP contribution in [0.25, 0.3) is 0 Å². The lowest BCUT2D eigenvalue weighted by molar-refractivity contribution is -0.0396. The van der Waals surface area contributed by atoms with E-state index in [-0.39, 0.29) is 24.8 Å². The summed E-state index contributed by atoms with van der Waals surface area (Å²) in [6, 6.07) is 9.83. The molecule has 1 atom stereocenters. The quantitative estimate of drug-likeness (QED) is 0.504. The van der Waals surface area contributed by atoms with E-state index in [1.807, 2.05) is 4.90 Å². The van der Waals surface area contributed by atoms with Crippen LogP contribution < -0.4 is 4.74 Å². The molecule has 4 rings (SSSR count). The molecule has 2 heterocycles. The van der Waals surface area contributed by atoms with Crippen LogP contribution in [0.1, 0.15) is 28.8 Å². The molecule has 0 saturated carbocycles. The molecule has 34 heavy (non-hydrogen) atoms. The Morgan fingerprint density at radius 2 is 1.88 bits per heavy atom. The highest BCUT2D eigenvalue weighted by atomic mass is 19.1. The fraction of sp³-hybridized carbons (Fsp3) is 0.375. The lowest BCUT2D eigenvalue weighted by Gasteiger charge is -2.38. The van der Waals surface area contributed by atoms with Crippen LogP contribution in [0.2, 0.25) is 0 Å². The van der Waals surface area contributed by atoms with Gasteiger partial charge >= 0.3 is 5.97 Å². The van der Waals surface area contributed by atoms with E-state index in [4.69, 9.17) is 9.47 Å². The highest BCUT2D eigenvalue weighted by molar-refractivity contribution is 5.89. The van der Waals surface area contributed by atoms with Crippen LogP contribution in [0.15, 0.2) is 55.1 Å². The minimum absolute atomic E-state index is 0.0162. The summed E-state index contributed by atoms with van der Waals surface area (Å²) in [4.78, 5) is 18.3. The van der Waals surface area contributed by atoms with E-state index in [2.05, 4.69) is 10.1 Å². The summed E-state index contributed by atoms with van der Waals surface area (Å²) in [5, 5.41) is 15.5. The van der Waals surface area contributed by atoms with Gasteiger partial charge in [-0.15, -0.1) is 0 Å². The highest BCUT2D eigenvalue weighted by Crippen LogP contribution is 2.29. The van der Waals surface area contributed by atoms with Crippen molar-refractivity contribution in [2.45, 2.75) is 31.1 Å². The van der Waals surface area contributed by atoms with Crippen molar-refractivity contribution in [2.75, 3.05) is 26.7 Å². The lowest BCUT2D eigenvalue weighted by Crippen LogP contribution is -2.48. The van der Waals surface area contributed by atoms with Gasteiger partial charge in [0.05, 0.1) is 19.2 Å². The molecule has 0 bridgehead atoms. The maximum atomic E-state index is 14.6. The molecule has 0 aliphatic carbocycles. The number of ether oxygens (including phenoxy) is 2. The summed E-state index contributed by atoms with van der Waals surface area (Å²) in [7, 11) is 1.55. The number of benzene rings is 2. The molecule has 1 saturated heterocycles. The zero-order valence-corrected chi connectivity index (χ0v) is 18.7. The monoisotopic (exact) mass is 472 g/mol. The molecule has 0 radical (unpaired) electrons. The van der Waals surface area contributed by atoms with E-state index >= 15 is 0 Å². The van der Waals surface area contributed by atoms with Crippen LogP contribution in [-0.4, -0.2) is 63.6 Å². The number of aromatic nitrogens is 3. The molecule has 1 N–H and O–H groups in total.